The summed E-state index contributed by atoms with van der Waals surface area (Å²) in [7, 11) is 0. The fourth-order valence-corrected chi connectivity index (χ4v) is 3.37. The first-order chi connectivity index (χ1) is 10.2. The summed E-state index contributed by atoms with van der Waals surface area (Å²) in [5.74, 6) is 0. The van der Waals surface area contributed by atoms with Gasteiger partial charge in [0.1, 0.15) is 15.4 Å². The van der Waals surface area contributed by atoms with Crippen molar-refractivity contribution < 1.29 is 0 Å². The van der Waals surface area contributed by atoms with Crippen LogP contribution in [0.25, 0.3) is 0 Å². The van der Waals surface area contributed by atoms with Gasteiger partial charge in [-0.3, -0.25) is 0 Å². The van der Waals surface area contributed by atoms with E-state index in [-0.39, 0.29) is 5.38 Å². The number of aryl methyl sites for hydroxylation is 1. The zero-order valence-electron chi connectivity index (χ0n) is 11.7. The van der Waals surface area contributed by atoms with Crippen molar-refractivity contribution in [1.29, 1.82) is 0 Å². The Bertz CT molecular complexity index is 724. The molecule has 1 unspecified atom stereocenters. The Kier molecular flexibility index (Phi) is 4.32. The molecule has 3 rings (SSSR count). The molecule has 0 bridgehead atoms. The molecule has 0 spiro atoms. The molecule has 4 heteroatoms. The molecule has 0 fully saturated rings. The number of halogens is 1. The van der Waals surface area contributed by atoms with Gasteiger partial charge >= 0.3 is 0 Å². The topological polar surface area (TPSA) is 25.8 Å². The number of rotatable bonds is 4. The Morgan fingerprint density at radius 1 is 1.00 bits per heavy atom. The van der Waals surface area contributed by atoms with Crippen LogP contribution in [-0.4, -0.2) is 10.2 Å². The van der Waals surface area contributed by atoms with E-state index in [0.29, 0.717) is 0 Å². The molecule has 0 aliphatic carbocycles. The summed E-state index contributed by atoms with van der Waals surface area (Å²) < 4.78 is 0. The van der Waals surface area contributed by atoms with Crippen LogP contribution in [0.1, 0.15) is 32.1 Å². The number of hydrogen-bond donors (Lipinski definition) is 0. The molecule has 0 radical (unpaired) electrons. The fraction of sp³-hybridized carbons (Fsp3) is 0.176. The summed E-state index contributed by atoms with van der Waals surface area (Å²) in [6.45, 7) is 2.12. The highest BCUT2D eigenvalue weighted by Crippen LogP contribution is 2.31. The van der Waals surface area contributed by atoms with Gasteiger partial charge in [0.15, 0.2) is 0 Å². The van der Waals surface area contributed by atoms with Crippen molar-refractivity contribution in [2.45, 2.75) is 18.7 Å². The highest BCUT2D eigenvalue weighted by atomic mass is 35.5. The average molecular weight is 315 g/mol. The molecule has 2 aromatic carbocycles. The number of nitrogens with zero attached hydrogens (tertiary/aromatic N) is 2. The molecule has 2 nitrogen and oxygen atoms in total. The summed E-state index contributed by atoms with van der Waals surface area (Å²) >= 11 is 8.07. The highest BCUT2D eigenvalue weighted by molar-refractivity contribution is 7.11. The predicted octanol–water partition coefficient (Wildman–Crippen LogP) is 4.77. The van der Waals surface area contributed by atoms with Crippen LogP contribution >= 0.6 is 22.9 Å². The van der Waals surface area contributed by atoms with Crippen LogP contribution < -0.4 is 0 Å². The van der Waals surface area contributed by atoms with Gasteiger partial charge in [-0.2, -0.15) is 0 Å². The summed E-state index contributed by atoms with van der Waals surface area (Å²) in [5, 5.41) is 10.2. The lowest BCUT2D eigenvalue weighted by Crippen LogP contribution is -1.91. The van der Waals surface area contributed by atoms with Gasteiger partial charge in [0.25, 0.3) is 0 Å². The third kappa shape index (κ3) is 3.31. The highest BCUT2D eigenvalue weighted by Gasteiger charge is 2.16. The Hall–Kier alpha value is -1.71. The molecule has 21 heavy (non-hydrogen) atoms. The molecule has 0 amide bonds. The Labute approximate surface area is 133 Å². The maximum Gasteiger partial charge on any atom is 0.139 e. The van der Waals surface area contributed by atoms with Crippen molar-refractivity contribution in [3.05, 3.63) is 81.3 Å². The van der Waals surface area contributed by atoms with Crippen molar-refractivity contribution in [2.24, 2.45) is 0 Å². The lowest BCUT2D eigenvalue weighted by Gasteiger charge is -2.04. The molecule has 0 N–H and O–H groups in total. The van der Waals surface area contributed by atoms with Crippen LogP contribution in [0, 0.1) is 6.92 Å². The van der Waals surface area contributed by atoms with E-state index in [9.17, 15) is 0 Å². The van der Waals surface area contributed by atoms with E-state index < -0.39 is 0 Å². The van der Waals surface area contributed by atoms with Gasteiger partial charge in [-0.15, -0.1) is 21.8 Å². The molecule has 1 aromatic heterocycles. The van der Waals surface area contributed by atoms with E-state index in [1.807, 2.05) is 30.3 Å². The normalized spacial score (nSPS) is 12.3. The lowest BCUT2D eigenvalue weighted by atomic mass is 10.1. The molecule has 1 atom stereocenters. The van der Waals surface area contributed by atoms with Gasteiger partial charge in [-0.25, -0.2) is 0 Å². The number of alkyl halides is 1. The molecule has 3 aromatic rings. The van der Waals surface area contributed by atoms with Crippen molar-refractivity contribution in [3.8, 4) is 0 Å². The summed E-state index contributed by atoms with van der Waals surface area (Å²) in [4.78, 5) is 0. The standard InChI is InChI=1S/C17H15ClN2S/c1-12-7-5-6-10-14(12)11-15-19-20-17(21-15)16(18)13-8-3-2-4-9-13/h2-10,16H,11H2,1H3. The molecule has 0 aliphatic heterocycles. The average Bonchev–Trinajstić information content (AvgIpc) is 2.98. The molecule has 0 saturated heterocycles. The third-order valence-electron chi connectivity index (χ3n) is 3.39. The first kappa shape index (κ1) is 14.2. The predicted molar refractivity (Wildman–Crippen MR) is 88.0 cm³/mol. The minimum Gasteiger partial charge on any atom is -0.143 e. The van der Waals surface area contributed by atoms with Crippen LogP contribution in [0.4, 0.5) is 0 Å². The van der Waals surface area contributed by atoms with Gasteiger partial charge in [0.05, 0.1) is 0 Å². The van der Waals surface area contributed by atoms with Gasteiger partial charge in [0, 0.05) is 6.42 Å². The maximum absolute atomic E-state index is 6.49. The van der Waals surface area contributed by atoms with Crippen LogP contribution in [0.2, 0.25) is 0 Å². The van der Waals surface area contributed by atoms with Crippen LogP contribution in [0.15, 0.2) is 54.6 Å². The minimum atomic E-state index is -0.227. The number of hydrogen-bond acceptors (Lipinski definition) is 3. The quantitative estimate of drug-likeness (QED) is 0.648. The Morgan fingerprint density at radius 2 is 1.71 bits per heavy atom. The van der Waals surface area contributed by atoms with E-state index in [1.54, 1.807) is 11.3 Å². The summed E-state index contributed by atoms with van der Waals surface area (Å²) in [6.07, 6.45) is 0.808. The van der Waals surface area contributed by atoms with E-state index in [0.717, 1.165) is 22.0 Å². The molecular formula is C17H15ClN2S. The number of benzene rings is 2. The van der Waals surface area contributed by atoms with E-state index in [2.05, 4.69) is 41.4 Å². The summed E-state index contributed by atoms with van der Waals surface area (Å²) in [5.41, 5.74) is 3.61. The molecule has 0 saturated carbocycles. The van der Waals surface area contributed by atoms with Crippen molar-refractivity contribution >= 4 is 22.9 Å². The van der Waals surface area contributed by atoms with Crippen molar-refractivity contribution in [2.75, 3.05) is 0 Å². The largest absolute Gasteiger partial charge is 0.143 e. The summed E-state index contributed by atoms with van der Waals surface area (Å²) in [6, 6.07) is 18.3. The second-order valence-corrected chi connectivity index (χ2v) is 6.44. The van der Waals surface area contributed by atoms with Gasteiger partial charge in [0.2, 0.25) is 0 Å². The van der Waals surface area contributed by atoms with Crippen LogP contribution in [-0.2, 0) is 6.42 Å². The molecular weight excluding hydrogens is 300 g/mol. The minimum absolute atomic E-state index is 0.227. The molecule has 106 valence electrons. The smallest absolute Gasteiger partial charge is 0.139 e. The second kappa shape index (κ2) is 6.37. The van der Waals surface area contributed by atoms with Crippen molar-refractivity contribution in [3.63, 3.8) is 0 Å². The van der Waals surface area contributed by atoms with E-state index in [1.165, 1.54) is 11.1 Å². The monoisotopic (exact) mass is 314 g/mol. The van der Waals surface area contributed by atoms with Gasteiger partial charge < -0.3 is 0 Å². The van der Waals surface area contributed by atoms with E-state index >= 15 is 0 Å². The first-order valence-electron chi connectivity index (χ1n) is 6.80. The van der Waals surface area contributed by atoms with Gasteiger partial charge in [-0.1, -0.05) is 65.9 Å². The Balaban J connectivity index is 1.79. The first-order valence-corrected chi connectivity index (χ1v) is 8.05. The maximum atomic E-state index is 6.49. The second-order valence-electron chi connectivity index (χ2n) is 4.91. The molecule has 0 aliphatic rings. The Morgan fingerprint density at radius 3 is 2.48 bits per heavy atom. The third-order valence-corrected chi connectivity index (χ3v) is 4.97. The van der Waals surface area contributed by atoms with Crippen molar-refractivity contribution in [1.82, 2.24) is 10.2 Å². The van der Waals surface area contributed by atoms with Crippen LogP contribution in [0.3, 0.4) is 0 Å². The number of aromatic nitrogens is 2. The zero-order chi connectivity index (χ0) is 14.7. The van der Waals surface area contributed by atoms with Gasteiger partial charge in [-0.05, 0) is 23.6 Å². The SMILES string of the molecule is Cc1ccccc1Cc1nnc(C(Cl)c2ccccc2)s1. The lowest BCUT2D eigenvalue weighted by molar-refractivity contribution is 0.945. The zero-order valence-corrected chi connectivity index (χ0v) is 13.2. The fourth-order valence-electron chi connectivity index (χ4n) is 2.18. The van der Waals surface area contributed by atoms with E-state index in [4.69, 9.17) is 11.6 Å². The van der Waals surface area contributed by atoms with Crippen LogP contribution in [0.5, 0.6) is 0 Å². The molecule has 1 heterocycles.